The number of fused-ring (bicyclic) bond motifs is 2. The van der Waals surface area contributed by atoms with Crippen LogP contribution in [0.15, 0.2) is 84.0 Å². The lowest BCUT2D eigenvalue weighted by Crippen LogP contribution is -2.58. The van der Waals surface area contributed by atoms with E-state index in [2.05, 4.69) is 67.5 Å². The number of anilines is 1. The fourth-order valence-corrected chi connectivity index (χ4v) is 11.4. The molecule has 1 saturated carbocycles. The SMILES string of the molecule is CC(C)c1ccccc1[C@H]1COCCN1C1CC2(CCN(c3ccc(C(=O)NS(=O)(=O)c4cc5c(c([N+](=O)[O-])c4)O[C@H](CN4CCOCC4)CO5)c(Oc4cnc5[nH]ccc5c4)c3)CC2)C1. The fourth-order valence-electron chi connectivity index (χ4n) is 10.4. The monoisotopic (exact) mass is 921 g/mol. The van der Waals surface area contributed by atoms with Crippen LogP contribution < -0.4 is 23.8 Å². The van der Waals surface area contributed by atoms with Gasteiger partial charge in [0, 0.05) is 80.8 Å². The second-order valence-corrected chi connectivity index (χ2v) is 20.1. The van der Waals surface area contributed by atoms with Crippen molar-refractivity contribution in [3.05, 3.63) is 106 Å². The average Bonchev–Trinajstić information content (AvgIpc) is 3.79. The number of rotatable bonds is 12. The molecule has 1 aliphatic carbocycles. The lowest BCUT2D eigenvalue weighted by atomic mass is 9.59. The number of nitro benzene ring substituents is 1. The quantitative estimate of drug-likeness (QED) is 0.0981. The van der Waals surface area contributed by atoms with Crippen molar-refractivity contribution in [1.82, 2.24) is 24.5 Å². The van der Waals surface area contributed by atoms with Gasteiger partial charge in [-0.1, -0.05) is 38.1 Å². The minimum absolute atomic E-state index is 0.0508. The first kappa shape index (κ1) is 44.1. The summed E-state index contributed by atoms with van der Waals surface area (Å²) in [5, 5.41) is 13.1. The normalized spacial score (nSPS) is 21.5. The Morgan fingerprint density at radius 1 is 0.985 bits per heavy atom. The summed E-state index contributed by atoms with van der Waals surface area (Å²) in [5.74, 6) is -0.341. The van der Waals surface area contributed by atoms with Gasteiger partial charge in [0.2, 0.25) is 5.75 Å². The molecular weight excluding hydrogens is 867 g/mol. The first-order valence-corrected chi connectivity index (χ1v) is 24.3. The number of H-pyrrole nitrogens is 1. The van der Waals surface area contributed by atoms with Crippen molar-refractivity contribution in [3.8, 4) is 23.0 Å². The second kappa shape index (κ2) is 18.1. The third-order valence-corrected chi connectivity index (χ3v) is 15.3. The maximum atomic E-state index is 14.1. The van der Waals surface area contributed by atoms with Crippen molar-refractivity contribution < 1.29 is 41.8 Å². The number of piperidine rings is 1. The highest BCUT2D eigenvalue weighted by Gasteiger charge is 2.50. The van der Waals surface area contributed by atoms with Crippen molar-refractivity contribution >= 4 is 38.3 Å². The van der Waals surface area contributed by atoms with Gasteiger partial charge >= 0.3 is 5.69 Å². The number of carbonyl (C=O) groups excluding carboxylic acids is 1. The van der Waals surface area contributed by atoms with Gasteiger partial charge in [0.1, 0.15) is 29.9 Å². The van der Waals surface area contributed by atoms with E-state index in [0.29, 0.717) is 62.8 Å². The van der Waals surface area contributed by atoms with E-state index in [-0.39, 0.29) is 40.9 Å². The molecule has 0 radical (unpaired) electrons. The molecule has 0 bridgehead atoms. The summed E-state index contributed by atoms with van der Waals surface area (Å²) in [6, 6.07) is 20.3. The Kier molecular flexibility index (Phi) is 12.1. The summed E-state index contributed by atoms with van der Waals surface area (Å²) in [6.07, 6.45) is 7.08. The van der Waals surface area contributed by atoms with Crippen LogP contribution in [-0.4, -0.2) is 123 Å². The predicted molar refractivity (Wildman–Crippen MR) is 245 cm³/mol. The van der Waals surface area contributed by atoms with E-state index in [1.54, 1.807) is 30.5 Å². The maximum absolute atomic E-state index is 14.1. The molecule has 3 aromatic carbocycles. The number of pyridine rings is 1. The fraction of sp³-hybridized carbons (Fsp3) is 0.458. The number of morpholine rings is 2. The Morgan fingerprint density at radius 2 is 1.77 bits per heavy atom. The van der Waals surface area contributed by atoms with E-state index in [1.165, 1.54) is 17.3 Å². The Bertz CT molecular complexity index is 2720. The number of nitrogens with one attached hydrogen (secondary N) is 2. The molecule has 10 rings (SSSR count). The van der Waals surface area contributed by atoms with Crippen molar-refractivity contribution in [2.45, 2.75) is 68.5 Å². The van der Waals surface area contributed by atoms with Crippen LogP contribution in [0.4, 0.5) is 11.4 Å². The highest BCUT2D eigenvalue weighted by molar-refractivity contribution is 7.90. The molecule has 4 aliphatic heterocycles. The summed E-state index contributed by atoms with van der Waals surface area (Å²) in [7, 11) is -4.68. The standard InChI is InChI=1S/C48H55N7O10S/c1-31(2)38-5-3-4-6-39(38)42-30-62-20-17-54(42)34-25-48(26-34)10-13-53(14-11-48)33-7-8-40(43(22-33)64-35-21-32-9-12-49-46(32)50-27-35)47(56)51-66(59,60)37-23-41(55(57)58)45-44(24-37)63-29-36(65-45)28-52-15-18-61-19-16-52/h3-9,12,21-24,27,31,34,36,42H,10-11,13-20,25-26,28-30H2,1-2H3,(H,49,50)(H,51,56)/t36-,42-/m1/s1. The molecule has 2 atom stereocenters. The molecule has 5 aromatic rings. The van der Waals surface area contributed by atoms with Gasteiger partial charge in [-0.3, -0.25) is 24.7 Å². The van der Waals surface area contributed by atoms with Crippen LogP contribution >= 0.6 is 0 Å². The van der Waals surface area contributed by atoms with Gasteiger partial charge in [-0.15, -0.1) is 0 Å². The number of benzene rings is 3. The highest BCUT2D eigenvalue weighted by atomic mass is 32.2. The smallest absolute Gasteiger partial charge is 0.316 e. The van der Waals surface area contributed by atoms with Gasteiger partial charge in [0.05, 0.1) is 54.0 Å². The second-order valence-electron chi connectivity index (χ2n) is 18.5. The lowest BCUT2D eigenvalue weighted by Gasteiger charge is -2.57. The number of hydrogen-bond donors (Lipinski definition) is 2. The number of aromatic amines is 1. The third-order valence-electron chi connectivity index (χ3n) is 14.0. The molecule has 0 unspecified atom stereocenters. The lowest BCUT2D eigenvalue weighted by molar-refractivity contribution is -0.386. The predicted octanol–water partition coefficient (Wildman–Crippen LogP) is 6.80. The van der Waals surface area contributed by atoms with E-state index in [9.17, 15) is 23.3 Å². The molecule has 1 amide bonds. The van der Waals surface area contributed by atoms with Gasteiger partial charge in [-0.05, 0) is 72.4 Å². The first-order valence-electron chi connectivity index (χ1n) is 22.8. The van der Waals surface area contributed by atoms with Gasteiger partial charge in [-0.2, -0.15) is 0 Å². The van der Waals surface area contributed by atoms with Crippen LogP contribution in [0.2, 0.25) is 0 Å². The van der Waals surface area contributed by atoms with Crippen LogP contribution in [0.5, 0.6) is 23.0 Å². The zero-order valence-electron chi connectivity index (χ0n) is 37.1. The molecule has 5 aliphatic rings. The molecule has 348 valence electrons. The third kappa shape index (κ3) is 8.91. The van der Waals surface area contributed by atoms with Crippen LogP contribution in [0.1, 0.15) is 73.0 Å². The van der Waals surface area contributed by atoms with Gasteiger partial charge in [0.15, 0.2) is 5.75 Å². The zero-order valence-corrected chi connectivity index (χ0v) is 38.0. The number of nitrogens with zero attached hydrogens (tertiary/aromatic N) is 5. The number of hydrogen-bond acceptors (Lipinski definition) is 14. The molecule has 2 aromatic heterocycles. The number of aromatic nitrogens is 2. The van der Waals surface area contributed by atoms with Crippen LogP contribution in [-0.2, 0) is 19.5 Å². The molecule has 4 fully saturated rings. The molecule has 66 heavy (non-hydrogen) atoms. The highest BCUT2D eigenvalue weighted by Crippen LogP contribution is 2.53. The summed E-state index contributed by atoms with van der Waals surface area (Å²) in [4.78, 5) is 39.7. The Hall–Kier alpha value is -5.79. The molecule has 3 saturated heterocycles. The van der Waals surface area contributed by atoms with E-state index >= 15 is 0 Å². The van der Waals surface area contributed by atoms with E-state index in [0.717, 1.165) is 75.1 Å². The summed E-state index contributed by atoms with van der Waals surface area (Å²) in [5.41, 5.74) is 3.86. The number of nitro groups is 1. The molecule has 18 heteroatoms. The van der Waals surface area contributed by atoms with Crippen molar-refractivity contribution in [1.29, 1.82) is 0 Å². The molecular formula is C48H55N7O10S. The van der Waals surface area contributed by atoms with Crippen molar-refractivity contribution in [3.63, 3.8) is 0 Å². The summed E-state index contributed by atoms with van der Waals surface area (Å²) >= 11 is 0. The van der Waals surface area contributed by atoms with E-state index in [4.69, 9.17) is 23.7 Å². The molecule has 1 spiro atoms. The van der Waals surface area contributed by atoms with Gasteiger partial charge in [0.25, 0.3) is 15.9 Å². The van der Waals surface area contributed by atoms with Gasteiger partial charge in [-0.25, -0.2) is 18.1 Å². The number of carbonyl (C=O) groups is 1. The van der Waals surface area contributed by atoms with Crippen molar-refractivity contribution in [2.24, 2.45) is 5.41 Å². The number of sulfonamides is 1. The van der Waals surface area contributed by atoms with E-state index < -0.39 is 37.5 Å². The van der Waals surface area contributed by atoms with Gasteiger partial charge < -0.3 is 33.6 Å². The first-order chi connectivity index (χ1) is 31.9. The molecule has 17 nitrogen and oxygen atoms in total. The number of amides is 1. The van der Waals surface area contributed by atoms with Crippen molar-refractivity contribution in [2.75, 3.05) is 77.2 Å². The van der Waals surface area contributed by atoms with Crippen LogP contribution in [0, 0.1) is 15.5 Å². The minimum atomic E-state index is -4.68. The minimum Gasteiger partial charge on any atom is -0.485 e. The molecule has 6 heterocycles. The van der Waals surface area contributed by atoms with E-state index in [1.807, 2.05) is 6.07 Å². The number of ether oxygens (including phenoxy) is 5. The van der Waals surface area contributed by atoms with Crippen LogP contribution in [0.25, 0.3) is 11.0 Å². The Balaban J connectivity index is 0.854. The summed E-state index contributed by atoms with van der Waals surface area (Å²) in [6.45, 7) is 11.5. The van der Waals surface area contributed by atoms with Crippen LogP contribution in [0.3, 0.4) is 0 Å². The maximum Gasteiger partial charge on any atom is 0.316 e. The molecule has 2 N–H and O–H groups in total. The zero-order chi connectivity index (χ0) is 45.6. The largest absolute Gasteiger partial charge is 0.485 e. The Labute approximate surface area is 383 Å². The average molecular weight is 922 g/mol. The topological polar surface area (TPSA) is 191 Å². The Morgan fingerprint density at radius 3 is 2.56 bits per heavy atom. The summed E-state index contributed by atoms with van der Waals surface area (Å²) < 4.78 is 59.7.